The second-order valence-corrected chi connectivity index (χ2v) is 6.65. The maximum Gasteiger partial charge on any atom is 0.305 e. The molecule has 0 aromatic heterocycles. The van der Waals surface area contributed by atoms with Crippen LogP contribution in [-0.4, -0.2) is 46.7 Å². The van der Waals surface area contributed by atoms with Crippen LogP contribution in [0.2, 0.25) is 0 Å². The van der Waals surface area contributed by atoms with E-state index in [1.165, 1.54) is 7.11 Å². The first-order valence-corrected chi connectivity index (χ1v) is 8.56. The zero-order valence-electron chi connectivity index (χ0n) is 13.9. The number of methoxy groups -OCH3 is 1. The summed E-state index contributed by atoms with van der Waals surface area (Å²) in [6.07, 6.45) is 5.89. The Morgan fingerprint density at radius 3 is 2.27 bits per heavy atom. The average Bonchev–Trinajstić information content (AvgIpc) is 2.73. The zero-order valence-corrected chi connectivity index (χ0v) is 13.9. The van der Waals surface area contributed by atoms with Gasteiger partial charge in [-0.3, -0.25) is 4.79 Å². The third kappa shape index (κ3) is 6.63. The van der Waals surface area contributed by atoms with Crippen LogP contribution in [0, 0.1) is 11.8 Å². The van der Waals surface area contributed by atoms with Crippen molar-refractivity contribution in [2.24, 2.45) is 11.8 Å². The predicted molar refractivity (Wildman–Crippen MR) is 84.2 cm³/mol. The number of aliphatic hydroxyl groups excluding tert-OH is 3. The third-order valence-electron chi connectivity index (χ3n) is 4.84. The molecule has 5 heteroatoms. The smallest absolute Gasteiger partial charge is 0.305 e. The standard InChI is InChI=1S/C17H32O5/c1-12(18)9-10-14-13(15(19)11-16(14)20)7-5-3-4-6-8-17(21)22-2/h12-16,18-20H,3-11H2,1-2H3/t12?,13-,14-,15+,16-/m1/s1. The molecule has 1 aliphatic rings. The molecule has 1 fully saturated rings. The minimum absolute atomic E-state index is 0.0969. The van der Waals surface area contributed by atoms with E-state index in [1.807, 2.05) is 0 Å². The van der Waals surface area contributed by atoms with E-state index in [0.717, 1.165) is 38.5 Å². The highest BCUT2D eigenvalue weighted by molar-refractivity contribution is 5.68. The Morgan fingerprint density at radius 1 is 1.09 bits per heavy atom. The fourth-order valence-corrected chi connectivity index (χ4v) is 3.52. The summed E-state index contributed by atoms with van der Waals surface area (Å²) in [5.41, 5.74) is 0. The minimum atomic E-state index is -0.446. The van der Waals surface area contributed by atoms with E-state index in [0.29, 0.717) is 19.3 Å². The highest BCUT2D eigenvalue weighted by Crippen LogP contribution is 2.39. The molecule has 0 heterocycles. The molecule has 1 aliphatic carbocycles. The van der Waals surface area contributed by atoms with E-state index in [1.54, 1.807) is 6.92 Å². The summed E-state index contributed by atoms with van der Waals surface area (Å²) < 4.78 is 4.60. The van der Waals surface area contributed by atoms with Crippen LogP contribution in [0.3, 0.4) is 0 Å². The van der Waals surface area contributed by atoms with Crippen molar-refractivity contribution >= 4 is 5.97 Å². The van der Waals surface area contributed by atoms with Crippen LogP contribution in [0.4, 0.5) is 0 Å². The van der Waals surface area contributed by atoms with E-state index in [2.05, 4.69) is 4.74 Å². The SMILES string of the molecule is COC(=O)CCCCCC[C@@H]1[C@@H](CCC(C)O)[C@H](O)C[C@@H]1O. The summed E-state index contributed by atoms with van der Waals surface area (Å²) in [5.74, 6) is 0.0709. The number of carbonyl (C=O) groups excluding carboxylic acids is 1. The molecule has 0 radical (unpaired) electrons. The molecule has 0 aromatic rings. The van der Waals surface area contributed by atoms with Crippen LogP contribution < -0.4 is 0 Å². The van der Waals surface area contributed by atoms with E-state index in [9.17, 15) is 20.1 Å². The van der Waals surface area contributed by atoms with Gasteiger partial charge in [0.1, 0.15) is 0 Å². The summed E-state index contributed by atoms with van der Waals surface area (Å²) in [6, 6.07) is 0. The molecule has 1 saturated carbocycles. The molecule has 1 rings (SSSR count). The molecule has 0 aromatic carbocycles. The van der Waals surface area contributed by atoms with Gasteiger partial charge in [0.2, 0.25) is 0 Å². The van der Waals surface area contributed by atoms with Gasteiger partial charge in [-0.15, -0.1) is 0 Å². The maximum atomic E-state index is 11.0. The molecule has 3 N–H and O–H groups in total. The Labute approximate surface area is 133 Å². The fourth-order valence-electron chi connectivity index (χ4n) is 3.52. The average molecular weight is 316 g/mol. The topological polar surface area (TPSA) is 87.0 Å². The van der Waals surface area contributed by atoms with Crippen LogP contribution in [-0.2, 0) is 9.53 Å². The number of unbranched alkanes of at least 4 members (excludes halogenated alkanes) is 3. The quantitative estimate of drug-likeness (QED) is 0.424. The Hall–Kier alpha value is -0.650. The van der Waals surface area contributed by atoms with Crippen molar-refractivity contribution in [3.63, 3.8) is 0 Å². The second kappa shape index (κ2) is 10.2. The summed E-state index contributed by atoms with van der Waals surface area (Å²) in [6.45, 7) is 1.76. The molecule has 22 heavy (non-hydrogen) atoms. The molecule has 1 unspecified atom stereocenters. The van der Waals surface area contributed by atoms with Crippen LogP contribution >= 0.6 is 0 Å². The molecule has 5 nitrogen and oxygen atoms in total. The zero-order chi connectivity index (χ0) is 16.5. The van der Waals surface area contributed by atoms with E-state index >= 15 is 0 Å². The Kier molecular flexibility index (Phi) is 8.98. The van der Waals surface area contributed by atoms with Gasteiger partial charge in [-0.2, -0.15) is 0 Å². The molecular weight excluding hydrogens is 284 g/mol. The number of rotatable bonds is 10. The van der Waals surface area contributed by atoms with E-state index in [-0.39, 0.29) is 23.9 Å². The van der Waals surface area contributed by atoms with Crippen molar-refractivity contribution in [2.45, 2.75) is 83.0 Å². The maximum absolute atomic E-state index is 11.0. The lowest BCUT2D eigenvalue weighted by molar-refractivity contribution is -0.140. The molecule has 0 saturated heterocycles. The van der Waals surface area contributed by atoms with Gasteiger partial charge >= 0.3 is 5.97 Å². The van der Waals surface area contributed by atoms with Crippen molar-refractivity contribution < 1.29 is 24.9 Å². The summed E-state index contributed by atoms with van der Waals surface area (Å²) in [5, 5.41) is 29.6. The van der Waals surface area contributed by atoms with Gasteiger partial charge in [0.15, 0.2) is 0 Å². The molecule has 0 aliphatic heterocycles. The van der Waals surface area contributed by atoms with Gasteiger partial charge in [0, 0.05) is 6.42 Å². The lowest BCUT2D eigenvalue weighted by Crippen LogP contribution is -2.23. The van der Waals surface area contributed by atoms with Gasteiger partial charge in [-0.05, 0) is 50.9 Å². The highest BCUT2D eigenvalue weighted by atomic mass is 16.5. The molecule has 0 amide bonds. The molecule has 5 atom stereocenters. The third-order valence-corrected chi connectivity index (χ3v) is 4.84. The molecule has 130 valence electrons. The lowest BCUT2D eigenvalue weighted by atomic mass is 9.85. The Morgan fingerprint density at radius 2 is 1.68 bits per heavy atom. The molecule has 0 bridgehead atoms. The summed E-state index contributed by atoms with van der Waals surface area (Å²) >= 11 is 0. The monoisotopic (exact) mass is 316 g/mol. The van der Waals surface area contributed by atoms with Crippen molar-refractivity contribution in [3.8, 4) is 0 Å². The Balaban J connectivity index is 2.24. The largest absolute Gasteiger partial charge is 0.469 e. The van der Waals surface area contributed by atoms with E-state index < -0.39 is 12.2 Å². The lowest BCUT2D eigenvalue weighted by Gasteiger charge is -2.24. The number of hydrogen-bond acceptors (Lipinski definition) is 5. The number of ether oxygens (including phenoxy) is 1. The minimum Gasteiger partial charge on any atom is -0.469 e. The fraction of sp³-hybridized carbons (Fsp3) is 0.941. The number of aliphatic hydroxyl groups is 3. The number of hydrogen-bond donors (Lipinski definition) is 3. The first-order chi connectivity index (χ1) is 10.5. The molecular formula is C17H32O5. The van der Waals surface area contributed by atoms with Gasteiger partial charge in [0.25, 0.3) is 0 Å². The van der Waals surface area contributed by atoms with Gasteiger partial charge in [-0.25, -0.2) is 0 Å². The van der Waals surface area contributed by atoms with Crippen molar-refractivity contribution in [1.29, 1.82) is 0 Å². The first kappa shape index (κ1) is 19.4. The van der Waals surface area contributed by atoms with Crippen LogP contribution in [0.1, 0.15) is 64.7 Å². The Bertz CT molecular complexity index is 318. The number of esters is 1. The van der Waals surface area contributed by atoms with Crippen molar-refractivity contribution in [1.82, 2.24) is 0 Å². The van der Waals surface area contributed by atoms with Crippen LogP contribution in [0.5, 0.6) is 0 Å². The van der Waals surface area contributed by atoms with E-state index in [4.69, 9.17) is 0 Å². The normalized spacial score (nSPS) is 29.5. The first-order valence-electron chi connectivity index (χ1n) is 8.56. The number of carbonyl (C=O) groups is 1. The van der Waals surface area contributed by atoms with Gasteiger partial charge in [-0.1, -0.05) is 19.3 Å². The van der Waals surface area contributed by atoms with Gasteiger partial charge < -0.3 is 20.1 Å². The summed E-state index contributed by atoms with van der Waals surface area (Å²) in [7, 11) is 1.41. The highest BCUT2D eigenvalue weighted by Gasteiger charge is 2.40. The van der Waals surface area contributed by atoms with Crippen LogP contribution in [0.25, 0.3) is 0 Å². The van der Waals surface area contributed by atoms with Crippen LogP contribution in [0.15, 0.2) is 0 Å². The van der Waals surface area contributed by atoms with Gasteiger partial charge in [0.05, 0.1) is 25.4 Å². The predicted octanol–water partition coefficient (Wildman–Crippen LogP) is 2.02. The second-order valence-electron chi connectivity index (χ2n) is 6.65. The van der Waals surface area contributed by atoms with Crippen molar-refractivity contribution in [3.05, 3.63) is 0 Å². The summed E-state index contributed by atoms with van der Waals surface area (Å²) in [4.78, 5) is 11.0. The molecule has 0 spiro atoms. The van der Waals surface area contributed by atoms with Crippen molar-refractivity contribution in [2.75, 3.05) is 7.11 Å².